The van der Waals surface area contributed by atoms with Gasteiger partial charge in [-0.1, -0.05) is 146 Å². The van der Waals surface area contributed by atoms with Gasteiger partial charge in [-0.15, -0.1) is 0 Å². The number of hydrogen-bond donors (Lipinski definition) is 2. The molecule has 2 saturated heterocycles. The first-order valence-electron chi connectivity index (χ1n) is 33.1. The van der Waals surface area contributed by atoms with E-state index in [0.717, 1.165) is 84.9 Å². The lowest BCUT2D eigenvalue weighted by Crippen LogP contribution is -2.43. The molecular formula is C70H112Cl3N3O16S4. The van der Waals surface area contributed by atoms with E-state index in [2.05, 4.69) is 58.5 Å². The number of methoxy groups -OCH3 is 6. The molecule has 3 aromatic rings. The smallest absolute Gasteiger partial charge is 0.413 e. The quantitative estimate of drug-likeness (QED) is 0.0106. The molecular weight excluding hydrogens is 1370 g/mol. The highest BCUT2D eigenvalue weighted by Gasteiger charge is 2.30. The topological polar surface area (TPSA) is 216 Å². The summed E-state index contributed by atoms with van der Waals surface area (Å²) in [5.74, 6) is 7.12. The zero-order valence-electron chi connectivity index (χ0n) is 60.0. The summed E-state index contributed by atoms with van der Waals surface area (Å²) in [4.78, 5) is 61.2. The first kappa shape index (κ1) is 89.7. The monoisotopic (exact) mass is 1480 g/mol. The van der Waals surface area contributed by atoms with Crippen LogP contribution in [0.1, 0.15) is 183 Å². The lowest BCUT2D eigenvalue weighted by Gasteiger charge is -2.33. The Bertz CT molecular complexity index is 2660. The molecule has 2 aliphatic heterocycles. The summed E-state index contributed by atoms with van der Waals surface area (Å²) in [5, 5.41) is 13.4. The van der Waals surface area contributed by atoms with Crippen molar-refractivity contribution >= 4 is 108 Å². The van der Waals surface area contributed by atoms with E-state index >= 15 is 0 Å². The number of carbonyl (C=O) groups excluding carboxylic acids is 4. The first-order valence-corrected chi connectivity index (χ1v) is 39.1. The molecule has 2 aliphatic rings. The number of carbonyl (C=O) groups is 5. The van der Waals surface area contributed by atoms with E-state index in [9.17, 15) is 24.0 Å². The van der Waals surface area contributed by atoms with Gasteiger partial charge in [0.1, 0.15) is 34.5 Å². The van der Waals surface area contributed by atoms with Crippen LogP contribution in [0.5, 0.6) is 34.5 Å². The second kappa shape index (κ2) is 51.7. The summed E-state index contributed by atoms with van der Waals surface area (Å²) >= 11 is 15.7. The molecule has 2 fully saturated rings. The Balaban J connectivity index is 0.000000655. The normalized spacial score (nSPS) is 16.6. The summed E-state index contributed by atoms with van der Waals surface area (Å²) in [6, 6.07) is 17.4. The number of esters is 1. The van der Waals surface area contributed by atoms with Crippen molar-refractivity contribution < 1.29 is 76.4 Å². The Morgan fingerprint density at radius 2 is 0.927 bits per heavy atom. The lowest BCUT2D eigenvalue weighted by molar-refractivity contribution is -0.166. The van der Waals surface area contributed by atoms with Crippen molar-refractivity contribution in [1.29, 1.82) is 0 Å². The minimum Gasteiger partial charge on any atom is -0.497 e. The van der Waals surface area contributed by atoms with Gasteiger partial charge in [-0.3, -0.25) is 9.59 Å². The van der Waals surface area contributed by atoms with E-state index in [1.807, 2.05) is 99.5 Å². The third-order valence-electron chi connectivity index (χ3n) is 16.5. The van der Waals surface area contributed by atoms with Crippen molar-refractivity contribution in [1.82, 2.24) is 15.1 Å². The number of aliphatic carboxylic acids is 1. The summed E-state index contributed by atoms with van der Waals surface area (Å²) < 4.78 is 52.3. The van der Waals surface area contributed by atoms with Crippen molar-refractivity contribution in [2.75, 3.05) is 54.2 Å². The Morgan fingerprint density at radius 1 is 0.531 bits per heavy atom. The van der Waals surface area contributed by atoms with Crippen molar-refractivity contribution in [2.45, 2.75) is 232 Å². The fourth-order valence-corrected chi connectivity index (χ4v) is 15.8. The largest absolute Gasteiger partial charge is 0.497 e. The predicted molar refractivity (Wildman–Crippen MR) is 396 cm³/mol. The Morgan fingerprint density at radius 3 is 1.27 bits per heavy atom. The standard InChI is InChI=1S/C26H41NO6S2.C18H28ClNO4.C15H25NO2.C8H14O2S2.C3H4Cl2O2/c1-7-18(2)19(3)27(17-21-12-13-22(30-5)16-24(21)31-6)26(29)33-20(4)32-25(28)11-9-8-10-23-14-15-34-35-23;1-7-12(2)13(3)20(18(21)24-14(4)19)11-15-8-9-16(22-5)10-17(15)23-6;1-6-11(2)12(3)16-10-13-7-8-14(17-4)9-15(13)18-5;9-8(10)4-2-1-3-7-5-6-11-12-7;1-2(4)7-3(5)6/h12-13,16,18-20,23H,7-11,14-15,17H2,1-6H3;8-10,12-14H,7,11H2,1-6H3;7-9,11-12,16H,6,10H2,1-5H3;7H,1-6H2,(H,9,10);2H,1H3/t18?,19?,20?,23-;;;7-;/m1..1./s1. The molecule has 26 heteroatoms. The fourth-order valence-electron chi connectivity index (χ4n) is 9.43. The summed E-state index contributed by atoms with van der Waals surface area (Å²) in [6.45, 7) is 25.3. The van der Waals surface area contributed by atoms with Gasteiger partial charge in [0.05, 0.1) is 55.7 Å². The van der Waals surface area contributed by atoms with Crippen LogP contribution in [0.4, 0.5) is 14.4 Å². The average molecular weight is 1490 g/mol. The maximum Gasteiger partial charge on any atom is 0.413 e. The number of nitrogens with one attached hydrogen (secondary N) is 1. The second-order valence-electron chi connectivity index (χ2n) is 23.4. The van der Waals surface area contributed by atoms with Gasteiger partial charge in [0.15, 0.2) is 11.1 Å². The number of carboxylic acid groups (broad SMARTS) is 1. The molecule has 0 aliphatic carbocycles. The van der Waals surface area contributed by atoms with Crippen LogP contribution in [-0.2, 0) is 48.2 Å². The number of ether oxygens (including phenoxy) is 10. The molecule has 19 nitrogen and oxygen atoms in total. The predicted octanol–water partition coefficient (Wildman–Crippen LogP) is 19.3. The first-order chi connectivity index (χ1) is 45.6. The van der Waals surface area contributed by atoms with Gasteiger partial charge < -0.3 is 67.6 Å². The van der Waals surface area contributed by atoms with Gasteiger partial charge in [-0.05, 0) is 121 Å². The van der Waals surface area contributed by atoms with Gasteiger partial charge in [0.25, 0.3) is 0 Å². The number of amides is 2. The highest BCUT2D eigenvalue weighted by Crippen LogP contribution is 2.41. The third-order valence-corrected chi connectivity index (χ3v) is 22.8. The molecule has 0 saturated carbocycles. The molecule has 96 heavy (non-hydrogen) atoms. The summed E-state index contributed by atoms with van der Waals surface area (Å²) in [7, 11) is 17.5. The van der Waals surface area contributed by atoms with Crippen molar-refractivity contribution in [3.63, 3.8) is 0 Å². The number of carboxylic acids is 1. The molecule has 11 atom stereocenters. The maximum atomic E-state index is 13.2. The third kappa shape index (κ3) is 37.2. The van der Waals surface area contributed by atoms with E-state index in [-0.39, 0.29) is 24.0 Å². The molecule has 3 aromatic carbocycles. The molecule has 0 aromatic heterocycles. The van der Waals surface area contributed by atoms with Gasteiger partial charge >= 0.3 is 29.6 Å². The van der Waals surface area contributed by atoms with Crippen molar-refractivity contribution in [2.24, 2.45) is 17.8 Å². The Labute approximate surface area is 605 Å². The molecule has 0 spiro atoms. The zero-order valence-corrected chi connectivity index (χ0v) is 65.5. The molecule has 5 rings (SSSR count). The SMILES string of the molecule is CC(Cl)OC(=O)Cl.CCC(C)C(C)N(Cc1ccc(OC)cc1OC)C(=O)OC(C)Cl.CCC(C)C(C)N(Cc1ccc(OC)cc1OC)C(=O)OC(C)OC(=O)CCCC[C@@H]1CCSS1.CCC(C)C(C)NCc1ccc(OC)cc1OC.O=C(O)CCCC[C@@H]1CCSS1. The number of unbranched alkanes of at least 4 members (excludes halogenated alkanes) is 2. The van der Waals surface area contributed by atoms with Crippen LogP contribution in [0.2, 0.25) is 0 Å². The van der Waals surface area contributed by atoms with Crippen molar-refractivity contribution in [3.8, 4) is 34.5 Å². The van der Waals surface area contributed by atoms with Gasteiger partial charge in [-0.2, -0.15) is 0 Å². The second-order valence-corrected chi connectivity index (χ2v) is 30.5. The average Bonchev–Trinajstić information content (AvgIpc) is 2.03. The number of benzene rings is 3. The molecule has 0 bridgehead atoms. The van der Waals surface area contributed by atoms with Crippen LogP contribution in [0.15, 0.2) is 54.6 Å². The minimum absolute atomic E-state index is 0.00437. The number of hydrogen-bond acceptors (Lipinski definition) is 20. The van der Waals surface area contributed by atoms with Gasteiger partial charge in [0.2, 0.25) is 6.29 Å². The number of rotatable bonds is 35. The maximum absolute atomic E-state index is 13.2. The van der Waals surface area contributed by atoms with Gasteiger partial charge in [0, 0.05) is 113 Å². The zero-order chi connectivity index (χ0) is 72.3. The molecule has 9 unspecified atom stereocenters. The molecule has 548 valence electrons. The van der Waals surface area contributed by atoms with E-state index in [1.165, 1.54) is 44.1 Å². The number of alkyl halides is 2. The van der Waals surface area contributed by atoms with Crippen LogP contribution in [0.25, 0.3) is 0 Å². The molecule has 2 heterocycles. The van der Waals surface area contributed by atoms with Crippen molar-refractivity contribution in [3.05, 3.63) is 71.3 Å². The number of nitrogens with zero attached hydrogens (tertiary/aromatic N) is 2. The molecule has 2 amide bonds. The van der Waals surface area contributed by atoms with E-state index in [0.29, 0.717) is 72.1 Å². The Kier molecular flexibility index (Phi) is 48.3. The fraction of sp³-hybridized carbons (Fsp3) is 0.671. The minimum atomic E-state index is -0.957. The molecule has 0 radical (unpaired) electrons. The van der Waals surface area contributed by atoms with E-state index < -0.39 is 41.0 Å². The Hall–Kier alpha value is -4.36. The summed E-state index contributed by atoms with van der Waals surface area (Å²) in [6.07, 6.45) is 10.4. The summed E-state index contributed by atoms with van der Waals surface area (Å²) in [5.41, 5.74) is 0.694. The highest BCUT2D eigenvalue weighted by atomic mass is 35.5. The van der Waals surface area contributed by atoms with Crippen LogP contribution >= 0.6 is 78.0 Å². The van der Waals surface area contributed by atoms with Gasteiger partial charge in [-0.25, -0.2) is 14.4 Å². The van der Waals surface area contributed by atoms with Crippen LogP contribution in [0.3, 0.4) is 0 Å². The highest BCUT2D eigenvalue weighted by molar-refractivity contribution is 8.77. The van der Waals surface area contributed by atoms with E-state index in [4.69, 9.17) is 82.5 Å². The van der Waals surface area contributed by atoms with Crippen LogP contribution in [-0.4, -0.2) is 145 Å². The number of halogens is 3. The molecule has 2 N–H and O–H groups in total. The van der Waals surface area contributed by atoms with E-state index in [1.54, 1.807) is 78.4 Å². The lowest BCUT2D eigenvalue weighted by atomic mass is 9.99. The van der Waals surface area contributed by atoms with Crippen LogP contribution < -0.4 is 33.7 Å². The van der Waals surface area contributed by atoms with Crippen LogP contribution in [0, 0.1) is 17.8 Å².